The third-order valence-corrected chi connectivity index (χ3v) is 5.81. The molecule has 0 radical (unpaired) electrons. The molecule has 0 unspecified atom stereocenters. The van der Waals surface area contributed by atoms with E-state index in [-0.39, 0.29) is 10.6 Å². The topological polar surface area (TPSA) is 85.7 Å². The van der Waals surface area contributed by atoms with Gasteiger partial charge in [-0.05, 0) is 23.3 Å². The molecule has 8 nitrogen and oxygen atoms in total. The molecule has 4 rings (SSSR count). The van der Waals surface area contributed by atoms with Crippen LogP contribution in [0.1, 0.15) is 21.5 Å². The zero-order valence-electron chi connectivity index (χ0n) is 18.3. The number of anilines is 1. The van der Waals surface area contributed by atoms with Crippen molar-refractivity contribution in [2.24, 2.45) is 0 Å². The van der Waals surface area contributed by atoms with Gasteiger partial charge in [0.05, 0.1) is 43.5 Å². The molecule has 0 bridgehead atoms. The summed E-state index contributed by atoms with van der Waals surface area (Å²) in [4.78, 5) is 27.3. The maximum absolute atomic E-state index is 12.9. The van der Waals surface area contributed by atoms with Crippen molar-refractivity contribution in [2.75, 3.05) is 38.7 Å². The van der Waals surface area contributed by atoms with Crippen LogP contribution < -0.4 is 10.9 Å². The Bertz CT molecular complexity index is 1190. The smallest absolute Gasteiger partial charge is 0.340 e. The van der Waals surface area contributed by atoms with E-state index in [1.165, 1.54) is 18.9 Å². The zero-order valence-corrected chi connectivity index (χ0v) is 19.0. The number of hydrogen-bond donors (Lipinski definition) is 1. The first-order valence-electron chi connectivity index (χ1n) is 10.6. The fraction of sp³-hybridized carbons (Fsp3) is 0.292. The first-order chi connectivity index (χ1) is 16.1. The Hall–Kier alpha value is -3.20. The lowest BCUT2D eigenvalue weighted by atomic mass is 10.1. The number of carbonyl (C=O) groups excluding carboxylic acids is 1. The van der Waals surface area contributed by atoms with E-state index in [0.29, 0.717) is 17.9 Å². The predicted octanol–water partition coefficient (Wildman–Crippen LogP) is 3.12. The van der Waals surface area contributed by atoms with Crippen molar-refractivity contribution in [2.45, 2.75) is 13.1 Å². The second kappa shape index (κ2) is 10.6. The average molecular weight is 469 g/mol. The molecule has 2 aromatic carbocycles. The summed E-state index contributed by atoms with van der Waals surface area (Å²) in [5.74, 6) is -0.561. The third-order valence-electron chi connectivity index (χ3n) is 5.44. The van der Waals surface area contributed by atoms with Gasteiger partial charge in [-0.25, -0.2) is 4.79 Å². The van der Waals surface area contributed by atoms with E-state index in [4.69, 9.17) is 21.1 Å². The minimum absolute atomic E-state index is 0.00543. The molecule has 0 saturated carbocycles. The predicted molar refractivity (Wildman–Crippen MR) is 126 cm³/mol. The van der Waals surface area contributed by atoms with Crippen LogP contribution in [0.5, 0.6) is 0 Å². The number of aromatic nitrogens is 2. The van der Waals surface area contributed by atoms with Crippen LogP contribution in [0.15, 0.2) is 59.5 Å². The molecule has 0 atom stereocenters. The van der Waals surface area contributed by atoms with E-state index in [9.17, 15) is 9.59 Å². The van der Waals surface area contributed by atoms with Gasteiger partial charge in [0.1, 0.15) is 5.02 Å². The highest BCUT2D eigenvalue weighted by Gasteiger charge is 2.17. The number of ether oxygens (including phenoxy) is 2. The van der Waals surface area contributed by atoms with Crippen molar-refractivity contribution in [3.8, 4) is 5.69 Å². The summed E-state index contributed by atoms with van der Waals surface area (Å²) in [5, 5.41) is 7.41. The molecular formula is C24H25ClN4O4. The standard InChI is InChI=1S/C24H25ClN4O4/c1-32-24(31)19-7-2-3-8-21(19)29-23(30)22(25)20(15-27-29)26-14-17-5-4-6-18(13-17)16-28-9-11-33-12-10-28/h2-8,13,15,26H,9-12,14,16H2,1H3. The van der Waals surface area contributed by atoms with Crippen LogP contribution in [-0.4, -0.2) is 54.1 Å². The Kier molecular flexibility index (Phi) is 7.39. The van der Waals surface area contributed by atoms with Crippen LogP contribution in [0.2, 0.25) is 5.02 Å². The maximum Gasteiger partial charge on any atom is 0.340 e. The molecule has 1 aliphatic heterocycles. The molecule has 0 aliphatic carbocycles. The maximum atomic E-state index is 12.9. The number of para-hydroxylation sites is 1. The monoisotopic (exact) mass is 468 g/mol. The molecule has 0 spiro atoms. The number of methoxy groups -OCH3 is 1. The fourth-order valence-corrected chi connectivity index (χ4v) is 3.92. The largest absolute Gasteiger partial charge is 0.465 e. The Morgan fingerprint density at radius 1 is 1.15 bits per heavy atom. The molecular weight excluding hydrogens is 444 g/mol. The van der Waals surface area contributed by atoms with E-state index in [0.717, 1.165) is 43.1 Å². The minimum atomic E-state index is -0.561. The first-order valence-corrected chi connectivity index (χ1v) is 11.0. The summed E-state index contributed by atoms with van der Waals surface area (Å²) in [5.41, 5.74) is 2.71. The summed E-state index contributed by atoms with van der Waals surface area (Å²) in [6.07, 6.45) is 1.48. The average Bonchev–Trinajstić information content (AvgIpc) is 2.85. The molecule has 9 heteroatoms. The third kappa shape index (κ3) is 5.42. The van der Waals surface area contributed by atoms with E-state index >= 15 is 0 Å². The molecule has 2 heterocycles. The highest BCUT2D eigenvalue weighted by atomic mass is 35.5. The molecule has 1 aliphatic rings. The van der Waals surface area contributed by atoms with Gasteiger partial charge in [-0.1, -0.05) is 48.0 Å². The zero-order chi connectivity index (χ0) is 23.2. The van der Waals surface area contributed by atoms with Crippen LogP contribution >= 0.6 is 11.6 Å². The van der Waals surface area contributed by atoms with Gasteiger partial charge in [0.15, 0.2) is 0 Å². The van der Waals surface area contributed by atoms with Crippen molar-refractivity contribution in [1.29, 1.82) is 0 Å². The highest BCUT2D eigenvalue weighted by Crippen LogP contribution is 2.20. The highest BCUT2D eigenvalue weighted by molar-refractivity contribution is 6.32. The number of morpholine rings is 1. The van der Waals surface area contributed by atoms with Gasteiger partial charge in [-0.15, -0.1) is 0 Å². The summed E-state index contributed by atoms with van der Waals surface area (Å²) in [6.45, 7) is 4.75. The molecule has 3 aromatic rings. The number of nitrogens with one attached hydrogen (secondary N) is 1. The normalized spacial score (nSPS) is 14.1. The van der Waals surface area contributed by atoms with Crippen molar-refractivity contribution < 1.29 is 14.3 Å². The van der Waals surface area contributed by atoms with Crippen molar-refractivity contribution in [3.05, 3.63) is 86.8 Å². The number of hydrogen-bond acceptors (Lipinski definition) is 7. The van der Waals surface area contributed by atoms with Gasteiger partial charge in [-0.2, -0.15) is 9.78 Å². The molecule has 1 N–H and O–H groups in total. The Morgan fingerprint density at radius 2 is 1.91 bits per heavy atom. The second-order valence-electron chi connectivity index (χ2n) is 7.66. The number of benzene rings is 2. The molecule has 1 fully saturated rings. The number of carbonyl (C=O) groups is 1. The SMILES string of the molecule is COC(=O)c1ccccc1-n1ncc(NCc2cccc(CN3CCOCC3)c2)c(Cl)c1=O. The van der Waals surface area contributed by atoms with Crippen LogP contribution in [0.3, 0.4) is 0 Å². The molecule has 1 saturated heterocycles. The molecule has 33 heavy (non-hydrogen) atoms. The lowest BCUT2D eigenvalue weighted by Crippen LogP contribution is -2.35. The van der Waals surface area contributed by atoms with Gasteiger partial charge < -0.3 is 14.8 Å². The van der Waals surface area contributed by atoms with E-state index in [1.54, 1.807) is 24.3 Å². The van der Waals surface area contributed by atoms with E-state index in [1.807, 2.05) is 12.1 Å². The summed E-state index contributed by atoms with van der Waals surface area (Å²) >= 11 is 6.37. The van der Waals surface area contributed by atoms with Crippen molar-refractivity contribution in [1.82, 2.24) is 14.7 Å². The lowest BCUT2D eigenvalue weighted by molar-refractivity contribution is 0.0342. The van der Waals surface area contributed by atoms with Crippen LogP contribution in [0.25, 0.3) is 5.69 Å². The van der Waals surface area contributed by atoms with Gasteiger partial charge in [0.2, 0.25) is 0 Å². The van der Waals surface area contributed by atoms with Gasteiger partial charge >= 0.3 is 5.97 Å². The second-order valence-corrected chi connectivity index (χ2v) is 8.04. The Balaban J connectivity index is 1.50. The Morgan fingerprint density at radius 3 is 2.70 bits per heavy atom. The van der Waals surface area contributed by atoms with Crippen LogP contribution in [0, 0.1) is 0 Å². The van der Waals surface area contributed by atoms with Crippen molar-refractivity contribution in [3.63, 3.8) is 0 Å². The fourth-order valence-electron chi connectivity index (χ4n) is 3.72. The number of nitrogens with zero attached hydrogens (tertiary/aromatic N) is 3. The van der Waals surface area contributed by atoms with E-state index in [2.05, 4.69) is 27.4 Å². The molecule has 0 amide bonds. The van der Waals surface area contributed by atoms with E-state index < -0.39 is 11.5 Å². The quantitative estimate of drug-likeness (QED) is 0.533. The minimum Gasteiger partial charge on any atom is -0.465 e. The summed E-state index contributed by atoms with van der Waals surface area (Å²) in [7, 11) is 1.28. The summed E-state index contributed by atoms with van der Waals surface area (Å²) < 4.78 is 11.3. The van der Waals surface area contributed by atoms with Gasteiger partial charge in [-0.3, -0.25) is 9.69 Å². The number of halogens is 1. The molecule has 172 valence electrons. The number of esters is 1. The van der Waals surface area contributed by atoms with Gasteiger partial charge in [0, 0.05) is 26.2 Å². The van der Waals surface area contributed by atoms with Crippen molar-refractivity contribution >= 4 is 23.3 Å². The van der Waals surface area contributed by atoms with Crippen LogP contribution in [-0.2, 0) is 22.6 Å². The number of rotatable bonds is 7. The first kappa shape index (κ1) is 23.0. The summed E-state index contributed by atoms with van der Waals surface area (Å²) in [6, 6.07) is 14.9. The Labute approximate surface area is 196 Å². The van der Waals surface area contributed by atoms with Gasteiger partial charge in [0.25, 0.3) is 5.56 Å². The lowest BCUT2D eigenvalue weighted by Gasteiger charge is -2.26. The van der Waals surface area contributed by atoms with Crippen LogP contribution in [0.4, 0.5) is 5.69 Å². The molecule has 1 aromatic heterocycles.